The summed E-state index contributed by atoms with van der Waals surface area (Å²) in [5.41, 5.74) is 4.54. The first-order valence-corrected chi connectivity index (χ1v) is 7.99. The Balaban J connectivity index is 1.84. The molecule has 3 nitrogen and oxygen atoms in total. The van der Waals surface area contributed by atoms with Crippen LogP contribution in [0.1, 0.15) is 29.2 Å². The van der Waals surface area contributed by atoms with Crippen LogP contribution in [0.15, 0.2) is 42.5 Å². The Kier molecular flexibility index (Phi) is 5.80. The van der Waals surface area contributed by atoms with Crippen LogP contribution >= 0.6 is 0 Å². The average molecular weight is 311 g/mol. The summed E-state index contributed by atoms with van der Waals surface area (Å²) >= 11 is 0. The third-order valence-electron chi connectivity index (χ3n) is 3.84. The number of ether oxygens (including phenoxy) is 1. The maximum Gasteiger partial charge on any atom is 0.224 e. The lowest BCUT2D eigenvalue weighted by molar-refractivity contribution is -0.121. The van der Waals surface area contributed by atoms with E-state index in [4.69, 9.17) is 4.74 Å². The SMILES string of the molecule is Cc1ccc(CC(=O)NC(C)COc2ccccc2C)c(C)c1. The van der Waals surface area contributed by atoms with Gasteiger partial charge in [-0.05, 0) is 50.5 Å². The van der Waals surface area contributed by atoms with Crippen molar-refractivity contribution in [3.8, 4) is 5.75 Å². The molecule has 0 aliphatic heterocycles. The van der Waals surface area contributed by atoms with Gasteiger partial charge in [0.1, 0.15) is 12.4 Å². The molecular weight excluding hydrogens is 286 g/mol. The van der Waals surface area contributed by atoms with E-state index < -0.39 is 0 Å². The first-order chi connectivity index (χ1) is 11.0. The van der Waals surface area contributed by atoms with Gasteiger partial charge in [0.25, 0.3) is 0 Å². The molecule has 122 valence electrons. The summed E-state index contributed by atoms with van der Waals surface area (Å²) in [6.45, 7) is 8.53. The van der Waals surface area contributed by atoms with Crippen LogP contribution in [0.2, 0.25) is 0 Å². The quantitative estimate of drug-likeness (QED) is 0.882. The summed E-state index contributed by atoms with van der Waals surface area (Å²) in [5, 5.41) is 3.00. The molecule has 1 amide bonds. The zero-order valence-electron chi connectivity index (χ0n) is 14.3. The maximum atomic E-state index is 12.2. The number of rotatable bonds is 6. The minimum absolute atomic E-state index is 0.0258. The highest BCUT2D eigenvalue weighted by Crippen LogP contribution is 2.16. The molecule has 0 heterocycles. The van der Waals surface area contributed by atoms with Crippen molar-refractivity contribution in [2.45, 2.75) is 40.2 Å². The number of carbonyl (C=O) groups is 1. The van der Waals surface area contributed by atoms with Crippen molar-refractivity contribution in [2.24, 2.45) is 0 Å². The van der Waals surface area contributed by atoms with Gasteiger partial charge in [-0.15, -0.1) is 0 Å². The zero-order valence-corrected chi connectivity index (χ0v) is 14.3. The van der Waals surface area contributed by atoms with Gasteiger partial charge in [0.05, 0.1) is 12.5 Å². The lowest BCUT2D eigenvalue weighted by atomic mass is 10.0. The number of hydrogen-bond acceptors (Lipinski definition) is 2. The third kappa shape index (κ3) is 5.13. The van der Waals surface area contributed by atoms with Crippen LogP contribution in [-0.4, -0.2) is 18.6 Å². The van der Waals surface area contributed by atoms with E-state index in [2.05, 4.69) is 18.3 Å². The predicted octanol–water partition coefficient (Wildman–Crippen LogP) is 3.74. The number of amides is 1. The Labute approximate surface area is 138 Å². The van der Waals surface area contributed by atoms with Crippen molar-refractivity contribution in [3.05, 3.63) is 64.7 Å². The number of carbonyl (C=O) groups excluding carboxylic acids is 1. The molecule has 0 bridgehead atoms. The predicted molar refractivity (Wildman–Crippen MR) is 93.9 cm³/mol. The monoisotopic (exact) mass is 311 g/mol. The van der Waals surface area contributed by atoms with Crippen LogP contribution < -0.4 is 10.1 Å². The molecule has 1 N–H and O–H groups in total. The Morgan fingerprint density at radius 1 is 1.09 bits per heavy atom. The Morgan fingerprint density at radius 2 is 1.83 bits per heavy atom. The molecule has 1 unspecified atom stereocenters. The first kappa shape index (κ1) is 17.1. The van der Waals surface area contributed by atoms with Crippen molar-refractivity contribution in [1.82, 2.24) is 5.32 Å². The highest BCUT2D eigenvalue weighted by Gasteiger charge is 2.11. The van der Waals surface area contributed by atoms with Gasteiger partial charge in [-0.1, -0.05) is 42.0 Å². The first-order valence-electron chi connectivity index (χ1n) is 7.99. The molecule has 0 spiro atoms. The second-order valence-corrected chi connectivity index (χ2v) is 6.15. The standard InChI is InChI=1S/C20H25NO2/c1-14-9-10-18(16(3)11-14)12-20(22)21-17(4)13-23-19-8-6-5-7-15(19)2/h5-11,17H,12-13H2,1-4H3,(H,21,22). The van der Waals surface area contributed by atoms with Gasteiger partial charge in [-0.3, -0.25) is 4.79 Å². The van der Waals surface area contributed by atoms with Crippen molar-refractivity contribution in [1.29, 1.82) is 0 Å². The molecular formula is C20H25NO2. The van der Waals surface area contributed by atoms with Gasteiger partial charge in [-0.25, -0.2) is 0 Å². The highest BCUT2D eigenvalue weighted by molar-refractivity contribution is 5.79. The minimum atomic E-state index is -0.0344. The van der Waals surface area contributed by atoms with Crippen LogP contribution in [-0.2, 0) is 11.2 Å². The van der Waals surface area contributed by atoms with Gasteiger partial charge in [0.15, 0.2) is 0 Å². The zero-order chi connectivity index (χ0) is 16.8. The summed E-state index contributed by atoms with van der Waals surface area (Å²) in [6, 6.07) is 14.0. The summed E-state index contributed by atoms with van der Waals surface area (Å²) < 4.78 is 5.77. The van der Waals surface area contributed by atoms with Crippen LogP contribution in [0.3, 0.4) is 0 Å². The average Bonchev–Trinajstić information content (AvgIpc) is 2.49. The summed E-state index contributed by atoms with van der Waals surface area (Å²) in [5.74, 6) is 0.890. The molecule has 0 aromatic heterocycles. The lowest BCUT2D eigenvalue weighted by Gasteiger charge is -2.16. The normalized spacial score (nSPS) is 11.8. The van der Waals surface area contributed by atoms with Crippen LogP contribution in [0.4, 0.5) is 0 Å². The number of benzene rings is 2. The van der Waals surface area contributed by atoms with Crippen LogP contribution in [0.5, 0.6) is 5.75 Å². The minimum Gasteiger partial charge on any atom is -0.491 e. The number of aryl methyl sites for hydroxylation is 3. The molecule has 0 saturated heterocycles. The molecule has 0 aliphatic carbocycles. The van der Waals surface area contributed by atoms with E-state index in [0.717, 1.165) is 22.4 Å². The highest BCUT2D eigenvalue weighted by atomic mass is 16.5. The van der Waals surface area contributed by atoms with Gasteiger partial charge < -0.3 is 10.1 Å². The number of nitrogens with one attached hydrogen (secondary N) is 1. The molecule has 3 heteroatoms. The summed E-state index contributed by atoms with van der Waals surface area (Å²) in [4.78, 5) is 12.2. The summed E-state index contributed by atoms with van der Waals surface area (Å²) in [6.07, 6.45) is 0.404. The fraction of sp³-hybridized carbons (Fsp3) is 0.350. The van der Waals surface area contributed by atoms with Gasteiger partial charge >= 0.3 is 0 Å². The Morgan fingerprint density at radius 3 is 2.52 bits per heavy atom. The maximum absolute atomic E-state index is 12.2. The van der Waals surface area contributed by atoms with Gasteiger partial charge in [0, 0.05) is 0 Å². The number of para-hydroxylation sites is 1. The van der Waals surface area contributed by atoms with Crippen LogP contribution in [0.25, 0.3) is 0 Å². The van der Waals surface area contributed by atoms with Gasteiger partial charge in [-0.2, -0.15) is 0 Å². The molecule has 2 aromatic rings. The van der Waals surface area contributed by atoms with Crippen molar-refractivity contribution in [3.63, 3.8) is 0 Å². The molecule has 23 heavy (non-hydrogen) atoms. The smallest absolute Gasteiger partial charge is 0.224 e. The third-order valence-corrected chi connectivity index (χ3v) is 3.84. The van der Waals surface area contributed by atoms with E-state index in [1.807, 2.05) is 57.2 Å². The van der Waals surface area contributed by atoms with E-state index in [9.17, 15) is 4.79 Å². The van der Waals surface area contributed by atoms with Crippen molar-refractivity contribution >= 4 is 5.91 Å². The fourth-order valence-electron chi connectivity index (χ4n) is 2.52. The van der Waals surface area contributed by atoms with E-state index in [0.29, 0.717) is 13.0 Å². The summed E-state index contributed by atoms with van der Waals surface area (Å²) in [7, 11) is 0. The second kappa shape index (κ2) is 7.82. The Hall–Kier alpha value is -2.29. The van der Waals surface area contributed by atoms with Crippen LogP contribution in [0, 0.1) is 20.8 Å². The van der Waals surface area contributed by atoms with Gasteiger partial charge in [0.2, 0.25) is 5.91 Å². The Bertz CT molecular complexity index is 679. The molecule has 0 saturated carbocycles. The molecule has 1 atom stereocenters. The molecule has 0 radical (unpaired) electrons. The topological polar surface area (TPSA) is 38.3 Å². The molecule has 2 rings (SSSR count). The van der Waals surface area contributed by atoms with E-state index in [1.165, 1.54) is 5.56 Å². The van der Waals surface area contributed by atoms with E-state index in [1.54, 1.807) is 0 Å². The molecule has 2 aromatic carbocycles. The van der Waals surface area contributed by atoms with Crippen molar-refractivity contribution < 1.29 is 9.53 Å². The second-order valence-electron chi connectivity index (χ2n) is 6.15. The van der Waals surface area contributed by atoms with E-state index in [-0.39, 0.29) is 11.9 Å². The molecule has 0 aliphatic rings. The van der Waals surface area contributed by atoms with E-state index >= 15 is 0 Å². The number of hydrogen-bond donors (Lipinski definition) is 1. The fourth-order valence-corrected chi connectivity index (χ4v) is 2.52. The largest absolute Gasteiger partial charge is 0.491 e. The molecule has 0 fully saturated rings. The lowest BCUT2D eigenvalue weighted by Crippen LogP contribution is -2.37. The van der Waals surface area contributed by atoms with Crippen molar-refractivity contribution in [2.75, 3.05) is 6.61 Å².